The quantitative estimate of drug-likeness (QED) is 0.766. The first-order chi connectivity index (χ1) is 8.21. The van der Waals surface area contributed by atoms with Crippen LogP contribution in [0.4, 0.5) is 0 Å². The lowest BCUT2D eigenvalue weighted by Gasteiger charge is -2.32. The minimum absolute atomic E-state index is 0.253. The van der Waals surface area contributed by atoms with Crippen LogP contribution >= 0.6 is 0 Å². The maximum atomic E-state index is 9.60. The Bertz CT molecular complexity index is 424. The molecule has 0 aliphatic rings. The van der Waals surface area contributed by atoms with Gasteiger partial charge in [0.25, 0.3) is 0 Å². The van der Waals surface area contributed by atoms with Crippen LogP contribution in [0.3, 0.4) is 0 Å². The first-order valence-corrected chi connectivity index (χ1v) is 6.05. The Kier molecular flexibility index (Phi) is 4.73. The van der Waals surface area contributed by atoms with Gasteiger partial charge in [-0.25, -0.2) is 0 Å². The lowest BCUT2D eigenvalue weighted by molar-refractivity contribution is 0.337. The Morgan fingerprint density at radius 1 is 1.24 bits per heavy atom. The third-order valence-corrected chi connectivity index (χ3v) is 3.57. The van der Waals surface area contributed by atoms with E-state index in [4.69, 9.17) is 5.26 Å². The van der Waals surface area contributed by atoms with Crippen molar-refractivity contribution in [2.24, 2.45) is 5.92 Å². The third kappa shape index (κ3) is 2.66. The fraction of sp³-hybridized carbons (Fsp3) is 0.467. The summed E-state index contributed by atoms with van der Waals surface area (Å²) in [7, 11) is 0. The van der Waals surface area contributed by atoms with Gasteiger partial charge in [0, 0.05) is 6.42 Å². The molecule has 0 fully saturated rings. The van der Waals surface area contributed by atoms with Crippen LogP contribution in [0.1, 0.15) is 38.7 Å². The van der Waals surface area contributed by atoms with E-state index in [9.17, 15) is 5.26 Å². The number of hydrogen-bond acceptors (Lipinski definition) is 2. The van der Waals surface area contributed by atoms with Crippen molar-refractivity contribution in [2.45, 2.75) is 38.5 Å². The Hall–Kier alpha value is -1.80. The molecule has 1 rings (SSSR count). The molecule has 0 aliphatic heterocycles. The molecule has 88 valence electrons. The average molecular weight is 226 g/mol. The molecule has 0 heterocycles. The zero-order chi connectivity index (χ0) is 12.7. The zero-order valence-corrected chi connectivity index (χ0v) is 10.5. The topological polar surface area (TPSA) is 47.6 Å². The van der Waals surface area contributed by atoms with Crippen LogP contribution in [0.5, 0.6) is 0 Å². The maximum Gasteiger partial charge on any atom is 0.0857 e. The summed E-state index contributed by atoms with van der Waals surface area (Å²) in [5.41, 5.74) is 0.512. The molecule has 0 bridgehead atoms. The molecule has 0 N–H and O–H groups in total. The van der Waals surface area contributed by atoms with Crippen LogP contribution in [0.25, 0.3) is 0 Å². The molecule has 17 heavy (non-hydrogen) atoms. The van der Waals surface area contributed by atoms with Crippen molar-refractivity contribution in [3.63, 3.8) is 0 Å². The van der Waals surface area contributed by atoms with Gasteiger partial charge in [0.15, 0.2) is 0 Å². The van der Waals surface area contributed by atoms with E-state index in [0.29, 0.717) is 12.8 Å². The highest BCUT2D eigenvalue weighted by Crippen LogP contribution is 2.37. The third-order valence-electron chi connectivity index (χ3n) is 3.57. The normalized spacial score (nSPS) is 15.3. The SMILES string of the molecule is CC[C@@H](C)[C@](C#N)(CCC#N)c1ccccc1. The van der Waals surface area contributed by atoms with Crippen LogP contribution in [-0.2, 0) is 5.41 Å². The lowest BCUT2D eigenvalue weighted by atomic mass is 9.68. The summed E-state index contributed by atoms with van der Waals surface area (Å²) >= 11 is 0. The van der Waals surface area contributed by atoms with Gasteiger partial charge in [-0.1, -0.05) is 50.6 Å². The van der Waals surface area contributed by atoms with Crippen LogP contribution in [0.2, 0.25) is 0 Å². The van der Waals surface area contributed by atoms with Gasteiger partial charge in [0.2, 0.25) is 0 Å². The smallest absolute Gasteiger partial charge is 0.0857 e. The molecule has 2 heteroatoms. The molecule has 0 radical (unpaired) electrons. The van der Waals surface area contributed by atoms with E-state index in [2.05, 4.69) is 26.0 Å². The van der Waals surface area contributed by atoms with Crippen LogP contribution < -0.4 is 0 Å². The van der Waals surface area contributed by atoms with Crippen molar-refractivity contribution in [2.75, 3.05) is 0 Å². The van der Waals surface area contributed by atoms with E-state index < -0.39 is 5.41 Å². The largest absolute Gasteiger partial charge is 0.198 e. The summed E-state index contributed by atoms with van der Waals surface area (Å²) in [6.45, 7) is 4.18. The predicted molar refractivity (Wildman–Crippen MR) is 68.0 cm³/mol. The van der Waals surface area contributed by atoms with Gasteiger partial charge < -0.3 is 0 Å². The van der Waals surface area contributed by atoms with Crippen molar-refractivity contribution in [1.82, 2.24) is 0 Å². The summed E-state index contributed by atoms with van der Waals surface area (Å²) < 4.78 is 0. The highest BCUT2D eigenvalue weighted by Gasteiger charge is 2.36. The molecule has 0 unspecified atom stereocenters. The van der Waals surface area contributed by atoms with Gasteiger partial charge in [0.05, 0.1) is 17.6 Å². The average Bonchev–Trinajstić information content (AvgIpc) is 2.41. The number of nitrogens with zero attached hydrogens (tertiary/aromatic N) is 2. The van der Waals surface area contributed by atoms with Gasteiger partial charge in [0.1, 0.15) is 0 Å². The van der Waals surface area contributed by atoms with E-state index in [-0.39, 0.29) is 5.92 Å². The number of rotatable bonds is 5. The second-order valence-electron chi connectivity index (χ2n) is 4.42. The van der Waals surface area contributed by atoms with Gasteiger partial charge in [-0.05, 0) is 17.9 Å². The molecule has 0 amide bonds. The van der Waals surface area contributed by atoms with Crippen LogP contribution in [0.15, 0.2) is 30.3 Å². The Labute approximate surface area is 104 Å². The molecule has 0 aromatic heterocycles. The molecular weight excluding hydrogens is 208 g/mol. The predicted octanol–water partition coefficient (Wildman–Crippen LogP) is 3.80. The van der Waals surface area contributed by atoms with E-state index in [1.807, 2.05) is 30.3 Å². The zero-order valence-electron chi connectivity index (χ0n) is 10.5. The summed E-state index contributed by atoms with van der Waals surface area (Å²) in [6, 6.07) is 14.5. The first kappa shape index (κ1) is 13.3. The summed E-state index contributed by atoms with van der Waals surface area (Å²) in [4.78, 5) is 0. The fourth-order valence-electron chi connectivity index (χ4n) is 2.24. The van der Waals surface area contributed by atoms with E-state index in [1.54, 1.807) is 0 Å². The second-order valence-corrected chi connectivity index (χ2v) is 4.42. The molecule has 0 aliphatic carbocycles. The van der Waals surface area contributed by atoms with E-state index in [1.165, 1.54) is 0 Å². The second kappa shape index (κ2) is 6.06. The van der Waals surface area contributed by atoms with Gasteiger partial charge in [-0.3, -0.25) is 0 Å². The first-order valence-electron chi connectivity index (χ1n) is 6.05. The fourth-order valence-corrected chi connectivity index (χ4v) is 2.24. The van der Waals surface area contributed by atoms with Crippen molar-refractivity contribution >= 4 is 0 Å². The molecule has 2 atom stereocenters. The molecule has 1 aromatic rings. The minimum atomic E-state index is -0.522. The number of nitriles is 2. The highest BCUT2D eigenvalue weighted by molar-refractivity contribution is 5.33. The Morgan fingerprint density at radius 3 is 2.35 bits per heavy atom. The molecule has 0 spiro atoms. The summed E-state index contributed by atoms with van der Waals surface area (Å²) in [5.74, 6) is 0.253. The van der Waals surface area contributed by atoms with Crippen molar-refractivity contribution in [3.8, 4) is 12.1 Å². The molecular formula is C15H18N2. The molecule has 0 saturated carbocycles. The maximum absolute atomic E-state index is 9.60. The van der Waals surface area contributed by atoms with Crippen molar-refractivity contribution in [3.05, 3.63) is 35.9 Å². The number of hydrogen-bond donors (Lipinski definition) is 0. The molecule has 0 saturated heterocycles. The molecule has 2 nitrogen and oxygen atoms in total. The van der Waals surface area contributed by atoms with E-state index in [0.717, 1.165) is 12.0 Å². The monoisotopic (exact) mass is 226 g/mol. The van der Waals surface area contributed by atoms with E-state index >= 15 is 0 Å². The van der Waals surface area contributed by atoms with Crippen LogP contribution in [0, 0.1) is 28.6 Å². The summed E-state index contributed by atoms with van der Waals surface area (Å²) in [5, 5.41) is 18.4. The Balaban J connectivity index is 3.18. The standard InChI is InChI=1S/C15H18N2/c1-3-13(2)15(12-17,10-7-11-16)14-8-5-4-6-9-14/h4-6,8-9,13H,3,7,10H2,1-2H3/t13-,15-/m1/s1. The van der Waals surface area contributed by atoms with Crippen LogP contribution in [-0.4, -0.2) is 0 Å². The minimum Gasteiger partial charge on any atom is -0.198 e. The van der Waals surface area contributed by atoms with Gasteiger partial charge in [-0.15, -0.1) is 0 Å². The van der Waals surface area contributed by atoms with Gasteiger partial charge in [-0.2, -0.15) is 10.5 Å². The molecule has 1 aromatic carbocycles. The van der Waals surface area contributed by atoms with Crippen molar-refractivity contribution < 1.29 is 0 Å². The van der Waals surface area contributed by atoms with Crippen molar-refractivity contribution in [1.29, 1.82) is 10.5 Å². The van der Waals surface area contributed by atoms with Gasteiger partial charge >= 0.3 is 0 Å². The lowest BCUT2D eigenvalue weighted by Crippen LogP contribution is -2.32. The highest BCUT2D eigenvalue weighted by atomic mass is 14.4. The number of benzene rings is 1. The Morgan fingerprint density at radius 2 is 1.88 bits per heavy atom. The summed E-state index contributed by atoms with van der Waals surface area (Å²) in [6.07, 6.45) is 1.97.